The van der Waals surface area contributed by atoms with Crippen molar-refractivity contribution < 1.29 is 14.0 Å². The number of oxazole rings is 1. The molecule has 0 unspecified atom stereocenters. The Morgan fingerprint density at radius 3 is 2.92 bits per heavy atom. The van der Waals surface area contributed by atoms with Crippen LogP contribution < -0.4 is 5.32 Å². The molecule has 1 N–H and O–H groups in total. The number of carbonyl (C=O) groups is 2. The molecule has 0 saturated carbocycles. The summed E-state index contributed by atoms with van der Waals surface area (Å²) >= 11 is 0. The van der Waals surface area contributed by atoms with Crippen molar-refractivity contribution in [1.82, 2.24) is 25.0 Å². The van der Waals surface area contributed by atoms with Crippen molar-refractivity contribution in [3.05, 3.63) is 17.8 Å². The largest absolute Gasteiger partial charge is 0.444 e. The number of nitrogens with zero attached hydrogens (tertiary/aromatic N) is 4. The van der Waals surface area contributed by atoms with Gasteiger partial charge in [-0.2, -0.15) is 0 Å². The zero-order chi connectivity index (χ0) is 18.0. The van der Waals surface area contributed by atoms with Crippen molar-refractivity contribution >= 4 is 11.9 Å². The van der Waals surface area contributed by atoms with Gasteiger partial charge in [0.1, 0.15) is 5.76 Å². The Morgan fingerprint density at radius 1 is 1.48 bits per heavy atom. The van der Waals surface area contributed by atoms with E-state index in [1.54, 1.807) is 6.20 Å². The Hall–Kier alpha value is -1.93. The van der Waals surface area contributed by atoms with Crippen LogP contribution in [0.5, 0.6) is 0 Å². The molecule has 138 valence electrons. The van der Waals surface area contributed by atoms with E-state index in [9.17, 15) is 9.59 Å². The van der Waals surface area contributed by atoms with Crippen molar-refractivity contribution in [2.24, 2.45) is 0 Å². The van der Waals surface area contributed by atoms with E-state index in [1.807, 2.05) is 0 Å². The van der Waals surface area contributed by atoms with Gasteiger partial charge in [-0.15, -0.1) is 0 Å². The first-order valence-corrected chi connectivity index (χ1v) is 8.89. The minimum atomic E-state index is -0.275. The number of nitrogens with one attached hydrogen (secondary N) is 1. The molecule has 3 amide bonds. The summed E-state index contributed by atoms with van der Waals surface area (Å²) in [5, 5.41) is 2.66. The summed E-state index contributed by atoms with van der Waals surface area (Å²) in [4.78, 5) is 33.8. The van der Waals surface area contributed by atoms with E-state index in [-0.39, 0.29) is 11.9 Å². The normalized spacial score (nSPS) is 21.6. The van der Waals surface area contributed by atoms with Gasteiger partial charge >= 0.3 is 6.03 Å². The van der Waals surface area contributed by atoms with Crippen LogP contribution in [0.1, 0.15) is 37.8 Å². The number of hydrogen-bond donors (Lipinski definition) is 1. The average Bonchev–Trinajstić information content (AvgIpc) is 3.27. The first-order valence-electron chi connectivity index (χ1n) is 8.89. The number of rotatable bonds is 6. The SMILES string of the molecule is CC(C)c1cnc(CN(C)[C@H]2CCN(CC(=O)N3CCNC3=O)C2)o1. The van der Waals surface area contributed by atoms with Gasteiger partial charge in [0.25, 0.3) is 0 Å². The Labute approximate surface area is 148 Å². The predicted molar refractivity (Wildman–Crippen MR) is 92.0 cm³/mol. The maximum absolute atomic E-state index is 12.2. The monoisotopic (exact) mass is 349 g/mol. The summed E-state index contributed by atoms with van der Waals surface area (Å²) in [7, 11) is 2.06. The first-order chi connectivity index (χ1) is 11.9. The van der Waals surface area contributed by atoms with Gasteiger partial charge in [0.15, 0.2) is 0 Å². The highest BCUT2D eigenvalue weighted by Gasteiger charge is 2.31. The molecule has 3 heterocycles. The maximum Gasteiger partial charge on any atom is 0.324 e. The molecule has 2 fully saturated rings. The number of aromatic nitrogens is 1. The van der Waals surface area contributed by atoms with Gasteiger partial charge in [0.2, 0.25) is 11.8 Å². The fourth-order valence-corrected chi connectivity index (χ4v) is 3.31. The summed E-state index contributed by atoms with van der Waals surface area (Å²) < 4.78 is 5.77. The van der Waals surface area contributed by atoms with Gasteiger partial charge in [0, 0.05) is 38.1 Å². The summed E-state index contributed by atoms with van der Waals surface area (Å²) in [5.74, 6) is 1.86. The van der Waals surface area contributed by atoms with E-state index in [2.05, 4.69) is 41.0 Å². The van der Waals surface area contributed by atoms with Gasteiger partial charge in [0.05, 0.1) is 19.3 Å². The molecule has 2 aliphatic rings. The van der Waals surface area contributed by atoms with E-state index < -0.39 is 0 Å². The van der Waals surface area contributed by atoms with Crippen molar-refractivity contribution in [2.45, 2.75) is 38.8 Å². The number of hydrogen-bond acceptors (Lipinski definition) is 6. The maximum atomic E-state index is 12.2. The van der Waals surface area contributed by atoms with Crippen molar-refractivity contribution in [3.8, 4) is 0 Å². The fraction of sp³-hybridized carbons (Fsp3) is 0.706. The lowest BCUT2D eigenvalue weighted by atomic mass is 10.2. The van der Waals surface area contributed by atoms with Crippen LogP contribution in [0.4, 0.5) is 4.79 Å². The highest BCUT2D eigenvalue weighted by atomic mass is 16.4. The number of urea groups is 1. The van der Waals surface area contributed by atoms with Gasteiger partial charge < -0.3 is 9.73 Å². The highest BCUT2D eigenvalue weighted by Crippen LogP contribution is 2.19. The van der Waals surface area contributed by atoms with Crippen LogP contribution in [0.2, 0.25) is 0 Å². The Bertz CT molecular complexity index is 630. The molecule has 1 aromatic heterocycles. The van der Waals surface area contributed by atoms with E-state index >= 15 is 0 Å². The molecule has 8 heteroatoms. The first kappa shape index (κ1) is 17.9. The van der Waals surface area contributed by atoms with Crippen LogP contribution >= 0.6 is 0 Å². The van der Waals surface area contributed by atoms with Gasteiger partial charge in [-0.1, -0.05) is 13.8 Å². The lowest BCUT2D eigenvalue weighted by Crippen LogP contribution is -2.42. The molecule has 0 spiro atoms. The molecule has 0 aromatic carbocycles. The third kappa shape index (κ3) is 4.19. The Balaban J connectivity index is 1.48. The minimum absolute atomic E-state index is 0.118. The highest BCUT2D eigenvalue weighted by molar-refractivity contribution is 5.96. The lowest BCUT2D eigenvalue weighted by Gasteiger charge is -2.23. The van der Waals surface area contributed by atoms with Crippen LogP contribution in [0.25, 0.3) is 0 Å². The molecule has 1 atom stereocenters. The predicted octanol–water partition coefficient (Wildman–Crippen LogP) is 0.856. The molecule has 25 heavy (non-hydrogen) atoms. The lowest BCUT2D eigenvalue weighted by molar-refractivity contribution is -0.128. The van der Waals surface area contributed by atoms with E-state index in [0.29, 0.717) is 38.1 Å². The van der Waals surface area contributed by atoms with Gasteiger partial charge in [-0.05, 0) is 13.5 Å². The molecular weight excluding hydrogens is 322 g/mol. The molecule has 0 aliphatic carbocycles. The van der Waals surface area contributed by atoms with Crippen molar-refractivity contribution in [1.29, 1.82) is 0 Å². The van der Waals surface area contributed by atoms with Crippen molar-refractivity contribution in [2.75, 3.05) is 39.8 Å². The smallest absolute Gasteiger partial charge is 0.324 e. The summed E-state index contributed by atoms with van der Waals surface area (Å²) in [6, 6.07) is 0.0809. The molecule has 8 nitrogen and oxygen atoms in total. The summed E-state index contributed by atoms with van der Waals surface area (Å²) in [5.41, 5.74) is 0. The molecule has 1 aromatic rings. The van der Waals surface area contributed by atoms with Gasteiger partial charge in [-0.3, -0.25) is 19.5 Å². The molecule has 3 rings (SSSR count). The molecular formula is C17H27N5O3. The fourth-order valence-electron chi connectivity index (χ4n) is 3.31. The van der Waals surface area contributed by atoms with Crippen LogP contribution in [0.3, 0.4) is 0 Å². The second kappa shape index (κ2) is 7.53. The van der Waals surface area contributed by atoms with Crippen LogP contribution in [0.15, 0.2) is 10.6 Å². The summed E-state index contributed by atoms with van der Waals surface area (Å²) in [6.45, 7) is 7.82. The molecule has 2 aliphatic heterocycles. The van der Waals surface area contributed by atoms with Gasteiger partial charge in [-0.25, -0.2) is 9.78 Å². The zero-order valence-electron chi connectivity index (χ0n) is 15.2. The molecule has 2 saturated heterocycles. The number of carbonyl (C=O) groups excluding carboxylic acids is 2. The second-order valence-electron chi connectivity index (χ2n) is 7.18. The van der Waals surface area contributed by atoms with E-state index in [4.69, 9.17) is 4.42 Å². The second-order valence-corrected chi connectivity index (χ2v) is 7.18. The number of imide groups is 1. The van der Waals surface area contributed by atoms with Crippen LogP contribution in [0, 0.1) is 0 Å². The molecule has 0 radical (unpaired) electrons. The van der Waals surface area contributed by atoms with Crippen molar-refractivity contribution in [3.63, 3.8) is 0 Å². The van der Waals surface area contributed by atoms with E-state index in [1.165, 1.54) is 4.90 Å². The number of likely N-dealkylation sites (N-methyl/N-ethyl adjacent to an activating group) is 1. The summed E-state index contributed by atoms with van der Waals surface area (Å²) in [6.07, 6.45) is 2.79. The molecule has 0 bridgehead atoms. The number of amides is 3. The Morgan fingerprint density at radius 2 is 2.28 bits per heavy atom. The Kier molecular flexibility index (Phi) is 5.39. The topological polar surface area (TPSA) is 81.9 Å². The zero-order valence-corrected chi connectivity index (χ0v) is 15.2. The number of likely N-dealkylation sites (tertiary alicyclic amines) is 1. The van der Waals surface area contributed by atoms with Crippen LogP contribution in [-0.2, 0) is 11.3 Å². The quantitative estimate of drug-likeness (QED) is 0.820. The third-order valence-corrected chi connectivity index (χ3v) is 4.91. The third-order valence-electron chi connectivity index (χ3n) is 4.91. The minimum Gasteiger partial charge on any atom is -0.444 e. The average molecular weight is 349 g/mol. The van der Waals surface area contributed by atoms with Crippen LogP contribution in [-0.4, -0.2) is 77.4 Å². The standard InChI is InChI=1S/C17H27N5O3/c1-12(2)14-8-19-15(25-14)10-20(3)13-4-6-21(9-13)11-16(23)22-7-5-18-17(22)24/h8,12-13H,4-7,9-11H2,1-3H3,(H,18,24)/t13-/m0/s1. The van der Waals surface area contributed by atoms with E-state index in [0.717, 1.165) is 31.2 Å².